The minimum atomic E-state index is -2.35. The number of hydrogen-bond donors (Lipinski definition) is 1. The SMILES string of the molecule is CCCNCc1c(C)nn(C)c1N(C)CC(F)F. The summed E-state index contributed by atoms with van der Waals surface area (Å²) in [5.41, 5.74) is 1.88. The van der Waals surface area contributed by atoms with Gasteiger partial charge in [0.15, 0.2) is 0 Å². The van der Waals surface area contributed by atoms with E-state index in [1.54, 1.807) is 23.7 Å². The van der Waals surface area contributed by atoms with E-state index in [2.05, 4.69) is 17.3 Å². The Labute approximate surface area is 107 Å². The van der Waals surface area contributed by atoms with Gasteiger partial charge in [0.1, 0.15) is 5.82 Å². The van der Waals surface area contributed by atoms with Gasteiger partial charge >= 0.3 is 0 Å². The first-order chi connectivity index (χ1) is 8.47. The Kier molecular flexibility index (Phi) is 5.53. The number of halogens is 2. The van der Waals surface area contributed by atoms with Gasteiger partial charge in [0.25, 0.3) is 6.43 Å². The number of alkyl halides is 2. The van der Waals surface area contributed by atoms with Crippen LogP contribution in [0.2, 0.25) is 0 Å². The zero-order valence-corrected chi connectivity index (χ0v) is 11.5. The number of aromatic nitrogens is 2. The fourth-order valence-electron chi connectivity index (χ4n) is 2.06. The average Bonchev–Trinajstić information content (AvgIpc) is 2.53. The second kappa shape index (κ2) is 6.68. The predicted molar refractivity (Wildman–Crippen MR) is 69.2 cm³/mol. The van der Waals surface area contributed by atoms with Crippen molar-refractivity contribution in [1.29, 1.82) is 0 Å². The average molecular weight is 260 g/mol. The van der Waals surface area contributed by atoms with Crippen LogP contribution < -0.4 is 10.2 Å². The zero-order chi connectivity index (χ0) is 13.7. The Hall–Kier alpha value is -1.17. The summed E-state index contributed by atoms with van der Waals surface area (Å²) in [5, 5.41) is 7.59. The van der Waals surface area contributed by atoms with Crippen LogP contribution >= 0.6 is 0 Å². The minimum absolute atomic E-state index is 0.278. The van der Waals surface area contributed by atoms with E-state index in [0.29, 0.717) is 6.54 Å². The van der Waals surface area contributed by atoms with Gasteiger partial charge in [-0.05, 0) is 19.9 Å². The van der Waals surface area contributed by atoms with Crippen molar-refractivity contribution in [3.8, 4) is 0 Å². The second-order valence-electron chi connectivity index (χ2n) is 4.46. The quantitative estimate of drug-likeness (QED) is 0.760. The lowest BCUT2D eigenvalue weighted by Crippen LogP contribution is -2.28. The van der Waals surface area contributed by atoms with Gasteiger partial charge in [-0.25, -0.2) is 8.78 Å². The summed E-state index contributed by atoms with van der Waals surface area (Å²) in [6.07, 6.45) is -1.30. The lowest BCUT2D eigenvalue weighted by Gasteiger charge is -2.20. The van der Waals surface area contributed by atoms with Gasteiger partial charge in [0, 0.05) is 26.2 Å². The largest absolute Gasteiger partial charge is 0.354 e. The van der Waals surface area contributed by atoms with E-state index in [1.165, 1.54) is 0 Å². The molecule has 104 valence electrons. The lowest BCUT2D eigenvalue weighted by atomic mass is 10.2. The maximum absolute atomic E-state index is 12.5. The molecule has 0 aliphatic carbocycles. The van der Waals surface area contributed by atoms with E-state index < -0.39 is 6.43 Å². The fraction of sp³-hybridized carbons (Fsp3) is 0.750. The first kappa shape index (κ1) is 14.9. The smallest absolute Gasteiger partial charge is 0.255 e. The first-order valence-corrected chi connectivity index (χ1v) is 6.19. The van der Waals surface area contributed by atoms with Crippen molar-refractivity contribution in [2.75, 3.05) is 25.0 Å². The van der Waals surface area contributed by atoms with Gasteiger partial charge in [0.2, 0.25) is 0 Å². The second-order valence-corrected chi connectivity index (χ2v) is 4.46. The highest BCUT2D eigenvalue weighted by molar-refractivity contribution is 5.49. The fourth-order valence-corrected chi connectivity index (χ4v) is 2.06. The third-order valence-electron chi connectivity index (χ3n) is 2.82. The summed E-state index contributed by atoms with van der Waals surface area (Å²) in [5.74, 6) is 0.761. The summed E-state index contributed by atoms with van der Waals surface area (Å²) < 4.78 is 26.6. The molecule has 0 amide bonds. The summed E-state index contributed by atoms with van der Waals surface area (Å²) in [6, 6.07) is 0. The molecule has 0 bridgehead atoms. The summed E-state index contributed by atoms with van der Waals surface area (Å²) in [6.45, 7) is 5.29. The summed E-state index contributed by atoms with van der Waals surface area (Å²) >= 11 is 0. The molecule has 0 fully saturated rings. The first-order valence-electron chi connectivity index (χ1n) is 6.19. The predicted octanol–water partition coefficient (Wildman–Crippen LogP) is 1.93. The van der Waals surface area contributed by atoms with Crippen molar-refractivity contribution in [1.82, 2.24) is 15.1 Å². The molecule has 0 saturated heterocycles. The minimum Gasteiger partial charge on any atom is -0.354 e. The molecule has 0 radical (unpaired) electrons. The van der Waals surface area contributed by atoms with E-state index in [1.807, 2.05) is 6.92 Å². The molecule has 1 N–H and O–H groups in total. The van der Waals surface area contributed by atoms with Crippen LogP contribution in [0.3, 0.4) is 0 Å². The molecule has 1 heterocycles. The molecule has 6 heteroatoms. The Morgan fingerprint density at radius 3 is 2.67 bits per heavy atom. The van der Waals surface area contributed by atoms with Crippen LogP contribution in [0.15, 0.2) is 0 Å². The molecule has 0 saturated carbocycles. The van der Waals surface area contributed by atoms with Crippen molar-refractivity contribution in [3.05, 3.63) is 11.3 Å². The molecular weight excluding hydrogens is 238 g/mol. The molecule has 0 atom stereocenters. The normalized spacial score (nSPS) is 11.3. The molecule has 0 aliphatic heterocycles. The summed E-state index contributed by atoms with van der Waals surface area (Å²) in [4.78, 5) is 1.56. The number of nitrogens with one attached hydrogen (secondary N) is 1. The van der Waals surface area contributed by atoms with E-state index in [0.717, 1.165) is 30.0 Å². The van der Waals surface area contributed by atoms with Crippen LogP contribution in [0.1, 0.15) is 24.6 Å². The molecule has 1 aromatic heterocycles. The van der Waals surface area contributed by atoms with E-state index in [-0.39, 0.29) is 6.54 Å². The number of anilines is 1. The van der Waals surface area contributed by atoms with Crippen LogP contribution in [-0.2, 0) is 13.6 Å². The molecule has 1 aromatic rings. The third-order valence-corrected chi connectivity index (χ3v) is 2.82. The highest BCUT2D eigenvalue weighted by Gasteiger charge is 2.18. The summed E-state index contributed by atoms with van der Waals surface area (Å²) in [7, 11) is 3.46. The number of hydrogen-bond acceptors (Lipinski definition) is 3. The van der Waals surface area contributed by atoms with Gasteiger partial charge in [-0.2, -0.15) is 5.10 Å². The Bertz CT molecular complexity index is 376. The van der Waals surface area contributed by atoms with Gasteiger partial charge in [-0.15, -0.1) is 0 Å². The van der Waals surface area contributed by atoms with Gasteiger partial charge in [-0.1, -0.05) is 6.92 Å². The molecule has 1 rings (SSSR count). The van der Waals surface area contributed by atoms with Crippen LogP contribution in [0.5, 0.6) is 0 Å². The van der Waals surface area contributed by atoms with Crippen molar-refractivity contribution in [3.63, 3.8) is 0 Å². The van der Waals surface area contributed by atoms with Crippen molar-refractivity contribution >= 4 is 5.82 Å². The molecule has 0 aliphatic rings. The van der Waals surface area contributed by atoms with Crippen LogP contribution in [-0.4, -0.2) is 36.3 Å². The van der Waals surface area contributed by atoms with Gasteiger partial charge in [-0.3, -0.25) is 4.68 Å². The third kappa shape index (κ3) is 3.66. The van der Waals surface area contributed by atoms with E-state index in [4.69, 9.17) is 0 Å². The lowest BCUT2D eigenvalue weighted by molar-refractivity contribution is 0.156. The topological polar surface area (TPSA) is 33.1 Å². The van der Waals surface area contributed by atoms with Gasteiger partial charge < -0.3 is 10.2 Å². The Morgan fingerprint density at radius 1 is 1.44 bits per heavy atom. The zero-order valence-electron chi connectivity index (χ0n) is 11.5. The highest BCUT2D eigenvalue weighted by Crippen LogP contribution is 2.22. The monoisotopic (exact) mass is 260 g/mol. The number of aryl methyl sites for hydroxylation is 2. The number of rotatable bonds is 7. The van der Waals surface area contributed by atoms with E-state index >= 15 is 0 Å². The van der Waals surface area contributed by atoms with Crippen molar-refractivity contribution in [2.24, 2.45) is 7.05 Å². The maximum atomic E-state index is 12.5. The van der Waals surface area contributed by atoms with E-state index in [9.17, 15) is 8.78 Å². The van der Waals surface area contributed by atoms with Crippen LogP contribution in [0, 0.1) is 6.92 Å². The van der Waals surface area contributed by atoms with Crippen LogP contribution in [0.25, 0.3) is 0 Å². The Balaban J connectivity index is 2.87. The van der Waals surface area contributed by atoms with Crippen molar-refractivity contribution < 1.29 is 8.78 Å². The number of nitrogens with zero attached hydrogens (tertiary/aromatic N) is 3. The molecule has 0 unspecified atom stereocenters. The molecule has 0 spiro atoms. The molecule has 4 nitrogen and oxygen atoms in total. The highest BCUT2D eigenvalue weighted by atomic mass is 19.3. The van der Waals surface area contributed by atoms with Gasteiger partial charge in [0.05, 0.1) is 12.2 Å². The maximum Gasteiger partial charge on any atom is 0.255 e. The van der Waals surface area contributed by atoms with Crippen molar-refractivity contribution in [2.45, 2.75) is 33.2 Å². The Morgan fingerprint density at radius 2 is 2.11 bits per heavy atom. The molecule has 0 aromatic carbocycles. The van der Waals surface area contributed by atoms with Crippen LogP contribution in [0.4, 0.5) is 14.6 Å². The standard InChI is InChI=1S/C12H22F2N4/c1-5-6-15-7-10-9(2)16-18(4)12(10)17(3)8-11(13)14/h11,15H,5-8H2,1-4H3. The molecule has 18 heavy (non-hydrogen) atoms. The molecular formula is C12H22F2N4.